The van der Waals surface area contributed by atoms with E-state index in [2.05, 4.69) is 163 Å². The number of pyridine rings is 1. The quantitative estimate of drug-likeness (QED) is 0.200. The summed E-state index contributed by atoms with van der Waals surface area (Å²) in [5.74, 6) is 0.753. The number of benzene rings is 7. The zero-order valence-electron chi connectivity index (χ0n) is 25.0. The second-order valence-electron chi connectivity index (χ2n) is 11.6. The first-order valence-corrected chi connectivity index (χ1v) is 15.5. The molecule has 0 aliphatic rings. The fraction of sp³-hybridized carbons (Fsp3) is 0. The number of aromatic nitrogens is 1. The van der Waals surface area contributed by atoms with Crippen LogP contribution in [0, 0.1) is 0 Å². The van der Waals surface area contributed by atoms with Crippen molar-refractivity contribution in [1.29, 1.82) is 0 Å². The minimum Gasteiger partial charge on any atom is -0.452 e. The van der Waals surface area contributed by atoms with Crippen LogP contribution in [-0.2, 0) is 0 Å². The maximum absolute atomic E-state index is 6.64. The van der Waals surface area contributed by atoms with Gasteiger partial charge in [-0.3, -0.25) is 4.90 Å². The van der Waals surface area contributed by atoms with Crippen molar-refractivity contribution in [3.8, 4) is 22.3 Å². The molecule has 2 heterocycles. The molecule has 46 heavy (non-hydrogen) atoms. The van der Waals surface area contributed by atoms with Gasteiger partial charge in [-0.1, -0.05) is 121 Å². The lowest BCUT2D eigenvalue weighted by Gasteiger charge is -2.25. The predicted molar refractivity (Wildman–Crippen MR) is 192 cm³/mol. The topological polar surface area (TPSA) is 29.3 Å². The van der Waals surface area contributed by atoms with Crippen LogP contribution < -0.4 is 4.90 Å². The van der Waals surface area contributed by atoms with Crippen molar-refractivity contribution in [2.45, 2.75) is 0 Å². The van der Waals surface area contributed by atoms with Crippen LogP contribution in [0.2, 0.25) is 0 Å². The normalized spacial score (nSPS) is 11.5. The Hall–Kier alpha value is -6.19. The van der Waals surface area contributed by atoms with Crippen LogP contribution >= 0.6 is 0 Å². The summed E-state index contributed by atoms with van der Waals surface area (Å²) in [6.07, 6.45) is 1.89. The van der Waals surface area contributed by atoms with Gasteiger partial charge >= 0.3 is 0 Å². The molecule has 3 nitrogen and oxygen atoms in total. The zero-order valence-corrected chi connectivity index (χ0v) is 25.0. The Balaban J connectivity index is 1.21. The van der Waals surface area contributed by atoms with E-state index in [9.17, 15) is 0 Å². The van der Waals surface area contributed by atoms with Gasteiger partial charge < -0.3 is 4.42 Å². The summed E-state index contributed by atoms with van der Waals surface area (Å²) in [5, 5.41) is 7.00. The number of furan rings is 1. The third-order valence-electron chi connectivity index (χ3n) is 8.91. The lowest BCUT2D eigenvalue weighted by molar-refractivity contribution is 0.667. The predicted octanol–water partition coefficient (Wildman–Crippen LogP) is 12.1. The maximum atomic E-state index is 6.64. The summed E-state index contributed by atoms with van der Waals surface area (Å²) < 4.78 is 6.64. The second-order valence-corrected chi connectivity index (χ2v) is 11.6. The maximum Gasteiger partial charge on any atom is 0.181 e. The summed E-state index contributed by atoms with van der Waals surface area (Å²) in [5.41, 5.74) is 8.32. The number of fused-ring (bicyclic) bond motifs is 6. The summed E-state index contributed by atoms with van der Waals surface area (Å²) in [7, 11) is 0. The number of nitrogens with zero attached hydrogens (tertiary/aromatic N) is 2. The van der Waals surface area contributed by atoms with E-state index in [1.807, 2.05) is 12.3 Å². The molecule has 0 fully saturated rings. The van der Waals surface area contributed by atoms with Crippen LogP contribution in [0.15, 0.2) is 174 Å². The minimum absolute atomic E-state index is 0.753. The largest absolute Gasteiger partial charge is 0.452 e. The Bertz CT molecular complexity index is 2510. The van der Waals surface area contributed by atoms with Crippen molar-refractivity contribution in [2.24, 2.45) is 0 Å². The van der Waals surface area contributed by atoms with Gasteiger partial charge in [-0.15, -0.1) is 0 Å². The van der Waals surface area contributed by atoms with E-state index < -0.39 is 0 Å². The average Bonchev–Trinajstić information content (AvgIpc) is 3.53. The van der Waals surface area contributed by atoms with E-state index in [0.29, 0.717) is 0 Å². The van der Waals surface area contributed by atoms with Gasteiger partial charge in [0.1, 0.15) is 5.58 Å². The van der Waals surface area contributed by atoms with E-state index in [4.69, 9.17) is 9.40 Å². The van der Waals surface area contributed by atoms with Crippen LogP contribution in [-0.4, -0.2) is 4.98 Å². The summed E-state index contributed by atoms with van der Waals surface area (Å²) in [4.78, 5) is 7.16. The summed E-state index contributed by atoms with van der Waals surface area (Å²) >= 11 is 0. The van der Waals surface area contributed by atoms with E-state index in [1.165, 1.54) is 32.7 Å². The van der Waals surface area contributed by atoms with Crippen LogP contribution in [0.25, 0.3) is 65.7 Å². The molecule has 0 radical (unpaired) electrons. The number of hydrogen-bond acceptors (Lipinski definition) is 3. The molecule has 0 atom stereocenters. The molecule has 0 N–H and O–H groups in total. The lowest BCUT2D eigenvalue weighted by atomic mass is 10.0. The molecule has 0 aliphatic heterocycles. The average molecular weight is 589 g/mol. The highest BCUT2D eigenvalue weighted by molar-refractivity contribution is 6.20. The lowest BCUT2D eigenvalue weighted by Crippen LogP contribution is -2.11. The summed E-state index contributed by atoms with van der Waals surface area (Å²) in [6.45, 7) is 0. The van der Waals surface area contributed by atoms with Gasteiger partial charge in [-0.25, -0.2) is 4.98 Å². The zero-order chi connectivity index (χ0) is 30.5. The first-order chi connectivity index (χ1) is 22.8. The Kier molecular flexibility index (Phi) is 6.14. The van der Waals surface area contributed by atoms with Crippen molar-refractivity contribution in [1.82, 2.24) is 4.98 Å². The molecule has 0 spiro atoms. The third kappa shape index (κ3) is 4.41. The van der Waals surface area contributed by atoms with Crippen LogP contribution in [0.3, 0.4) is 0 Å². The standard InChI is InChI=1S/C43H28N2O/c1-2-8-29(9-3-1)31-16-21-36(22-17-31)45(37-23-18-32(19-24-37)35-15-14-30-10-4-5-12-34(30)28-35)43-42-39(26-27-44-43)41-38-13-7-6-11-33(38)20-25-40(41)46-42/h1-28H. The molecule has 9 aromatic rings. The van der Waals surface area contributed by atoms with E-state index in [1.54, 1.807) is 0 Å². The first kappa shape index (κ1) is 26.2. The van der Waals surface area contributed by atoms with Crippen LogP contribution in [0.5, 0.6) is 0 Å². The smallest absolute Gasteiger partial charge is 0.181 e. The van der Waals surface area contributed by atoms with E-state index in [-0.39, 0.29) is 0 Å². The minimum atomic E-state index is 0.753. The Morgan fingerprint density at radius 3 is 1.78 bits per heavy atom. The number of anilines is 3. The monoisotopic (exact) mass is 588 g/mol. The van der Waals surface area contributed by atoms with Gasteiger partial charge in [-0.2, -0.15) is 0 Å². The Labute approximate surface area is 266 Å². The van der Waals surface area contributed by atoms with E-state index >= 15 is 0 Å². The highest BCUT2D eigenvalue weighted by Gasteiger charge is 2.22. The van der Waals surface area contributed by atoms with Crippen molar-refractivity contribution < 1.29 is 4.42 Å². The summed E-state index contributed by atoms with van der Waals surface area (Å²) in [6, 6.07) is 57.7. The molecule has 216 valence electrons. The molecule has 0 unspecified atom stereocenters. The van der Waals surface area contributed by atoms with Crippen molar-refractivity contribution in [3.05, 3.63) is 170 Å². The molecule has 0 bridgehead atoms. The Morgan fingerprint density at radius 1 is 0.435 bits per heavy atom. The van der Waals surface area contributed by atoms with Gasteiger partial charge in [0.15, 0.2) is 11.4 Å². The molecule has 7 aromatic carbocycles. The van der Waals surface area contributed by atoms with Gasteiger partial charge in [0, 0.05) is 28.3 Å². The van der Waals surface area contributed by atoms with Crippen molar-refractivity contribution in [2.75, 3.05) is 4.90 Å². The number of rotatable bonds is 5. The molecule has 9 rings (SSSR count). The Morgan fingerprint density at radius 2 is 1.02 bits per heavy atom. The highest BCUT2D eigenvalue weighted by Crippen LogP contribution is 2.43. The molecular formula is C43H28N2O. The third-order valence-corrected chi connectivity index (χ3v) is 8.91. The molecule has 3 heteroatoms. The van der Waals surface area contributed by atoms with Crippen LogP contribution in [0.1, 0.15) is 0 Å². The molecule has 0 amide bonds. The fourth-order valence-electron chi connectivity index (χ4n) is 6.62. The van der Waals surface area contributed by atoms with Gasteiger partial charge in [0.05, 0.1) is 0 Å². The second kappa shape index (κ2) is 10.8. The molecule has 0 aliphatic carbocycles. The van der Waals surface area contributed by atoms with Gasteiger partial charge in [-0.05, 0) is 86.3 Å². The van der Waals surface area contributed by atoms with E-state index in [0.717, 1.165) is 50.3 Å². The SMILES string of the molecule is c1ccc(-c2ccc(N(c3ccc(-c4ccc5ccccc5c4)cc3)c3nccc4c3oc3ccc5ccccc5c34)cc2)cc1. The number of hydrogen-bond donors (Lipinski definition) is 0. The molecule has 0 saturated heterocycles. The highest BCUT2D eigenvalue weighted by atomic mass is 16.3. The molecular weight excluding hydrogens is 560 g/mol. The van der Waals surface area contributed by atoms with Crippen molar-refractivity contribution >= 4 is 60.7 Å². The van der Waals surface area contributed by atoms with Gasteiger partial charge in [0.25, 0.3) is 0 Å². The first-order valence-electron chi connectivity index (χ1n) is 15.5. The van der Waals surface area contributed by atoms with Crippen LogP contribution in [0.4, 0.5) is 17.2 Å². The van der Waals surface area contributed by atoms with Gasteiger partial charge in [0.2, 0.25) is 0 Å². The molecule has 0 saturated carbocycles. The fourth-order valence-corrected chi connectivity index (χ4v) is 6.62. The van der Waals surface area contributed by atoms with Crippen molar-refractivity contribution in [3.63, 3.8) is 0 Å². The molecule has 2 aromatic heterocycles.